The minimum atomic E-state index is -4.16. The number of sulfonamides is 1. The van der Waals surface area contributed by atoms with Gasteiger partial charge in [0.2, 0.25) is 10.0 Å². The molecule has 0 amide bonds. The highest BCUT2D eigenvalue weighted by molar-refractivity contribution is 7.89. The first kappa shape index (κ1) is 15.5. The van der Waals surface area contributed by atoms with E-state index < -0.39 is 38.6 Å². The van der Waals surface area contributed by atoms with Gasteiger partial charge in [-0.2, -0.15) is 0 Å². The predicted octanol–water partition coefficient (Wildman–Crippen LogP) is 0.0787. The summed E-state index contributed by atoms with van der Waals surface area (Å²) in [6, 6.07) is 1.77. The lowest BCUT2D eigenvalue weighted by atomic mass is 10.3. The van der Waals surface area contributed by atoms with Crippen LogP contribution in [0.1, 0.15) is 6.42 Å². The third kappa shape index (κ3) is 4.54. The number of carbonyl (C=O) groups is 1. The first-order valence-corrected chi connectivity index (χ1v) is 6.57. The van der Waals surface area contributed by atoms with Gasteiger partial charge in [-0.05, 0) is 18.6 Å². The smallest absolute Gasteiger partial charge is 0.332 e. The molecule has 0 aromatic heterocycles. The van der Waals surface area contributed by atoms with Crippen LogP contribution in [0, 0.1) is 11.6 Å². The van der Waals surface area contributed by atoms with Crippen LogP contribution < -0.4 is 4.72 Å². The molecule has 0 bridgehead atoms. The van der Waals surface area contributed by atoms with E-state index >= 15 is 0 Å². The summed E-state index contributed by atoms with van der Waals surface area (Å²) in [4.78, 5) is 9.67. The number of rotatable bonds is 6. The van der Waals surface area contributed by atoms with Gasteiger partial charge < -0.3 is 10.2 Å². The lowest BCUT2D eigenvalue weighted by Gasteiger charge is -2.08. The third-order valence-corrected chi connectivity index (χ3v) is 3.58. The van der Waals surface area contributed by atoms with Crippen molar-refractivity contribution in [3.63, 3.8) is 0 Å². The number of nitrogens with one attached hydrogen (secondary N) is 1. The Labute approximate surface area is 107 Å². The van der Waals surface area contributed by atoms with Crippen LogP contribution in [0.3, 0.4) is 0 Å². The first-order valence-electron chi connectivity index (χ1n) is 5.09. The van der Waals surface area contributed by atoms with Gasteiger partial charge in [-0.1, -0.05) is 0 Å². The fourth-order valence-electron chi connectivity index (χ4n) is 1.22. The fourth-order valence-corrected chi connectivity index (χ4v) is 2.31. The summed E-state index contributed by atoms with van der Waals surface area (Å²) in [5.41, 5.74) is 0. The van der Waals surface area contributed by atoms with E-state index in [0.29, 0.717) is 18.2 Å². The van der Waals surface area contributed by atoms with Gasteiger partial charge in [0.1, 0.15) is 11.6 Å². The van der Waals surface area contributed by atoms with Crippen LogP contribution in [0.15, 0.2) is 23.1 Å². The molecule has 0 heterocycles. The average Bonchev–Trinajstić information content (AvgIpc) is 2.27. The number of carboxylic acid groups (broad SMARTS) is 1. The van der Waals surface area contributed by atoms with Crippen LogP contribution >= 0.6 is 0 Å². The number of hydrogen-bond donors (Lipinski definition) is 3. The van der Waals surface area contributed by atoms with E-state index in [-0.39, 0.29) is 13.0 Å². The van der Waals surface area contributed by atoms with Gasteiger partial charge in [0, 0.05) is 12.6 Å². The Morgan fingerprint density at radius 1 is 1.26 bits per heavy atom. The Bertz CT molecular complexity index is 555. The zero-order valence-corrected chi connectivity index (χ0v) is 10.3. The number of aliphatic carboxylic acids is 1. The third-order valence-electron chi connectivity index (χ3n) is 2.14. The zero-order chi connectivity index (χ0) is 14.6. The van der Waals surface area contributed by atoms with Gasteiger partial charge in [-0.25, -0.2) is 26.7 Å². The fraction of sp³-hybridized carbons (Fsp3) is 0.300. The molecule has 1 unspecified atom stereocenters. The summed E-state index contributed by atoms with van der Waals surface area (Å²) in [6.07, 6.45) is -2.08. The maximum absolute atomic E-state index is 12.9. The van der Waals surface area contributed by atoms with Crippen molar-refractivity contribution < 1.29 is 32.2 Å². The van der Waals surface area contributed by atoms with Gasteiger partial charge >= 0.3 is 5.97 Å². The number of benzene rings is 1. The van der Waals surface area contributed by atoms with Gasteiger partial charge in [0.15, 0.2) is 6.10 Å². The van der Waals surface area contributed by atoms with Crippen LogP contribution in [0.2, 0.25) is 0 Å². The number of carboxylic acids is 1. The Kier molecular flexibility index (Phi) is 4.92. The highest BCUT2D eigenvalue weighted by Gasteiger charge is 2.18. The largest absolute Gasteiger partial charge is 0.479 e. The maximum atomic E-state index is 12.9. The summed E-state index contributed by atoms with van der Waals surface area (Å²) < 4.78 is 50.9. The zero-order valence-electron chi connectivity index (χ0n) is 9.51. The van der Waals surface area contributed by atoms with E-state index in [0.717, 1.165) is 0 Å². The van der Waals surface area contributed by atoms with Crippen LogP contribution in [0.25, 0.3) is 0 Å². The molecular formula is C10H11F2NO5S. The second-order valence-corrected chi connectivity index (χ2v) is 5.41. The topological polar surface area (TPSA) is 104 Å². The lowest BCUT2D eigenvalue weighted by molar-refractivity contribution is -0.146. The van der Waals surface area contributed by atoms with Crippen LogP contribution in [0.5, 0.6) is 0 Å². The summed E-state index contributed by atoms with van der Waals surface area (Å²) in [5.74, 6) is -3.59. The predicted molar refractivity (Wildman–Crippen MR) is 59.8 cm³/mol. The molecule has 0 fully saturated rings. The van der Waals surface area contributed by atoms with Crippen molar-refractivity contribution >= 4 is 16.0 Å². The number of aliphatic hydroxyl groups excluding tert-OH is 1. The molecule has 1 aromatic rings. The van der Waals surface area contributed by atoms with Crippen molar-refractivity contribution in [2.24, 2.45) is 0 Å². The second-order valence-electron chi connectivity index (χ2n) is 3.65. The van der Waals surface area contributed by atoms with Gasteiger partial charge in [-0.15, -0.1) is 0 Å². The monoisotopic (exact) mass is 295 g/mol. The van der Waals surface area contributed by atoms with Crippen molar-refractivity contribution in [3.05, 3.63) is 29.8 Å². The Hall–Kier alpha value is -1.58. The van der Waals surface area contributed by atoms with Crippen molar-refractivity contribution in [1.82, 2.24) is 4.72 Å². The molecule has 19 heavy (non-hydrogen) atoms. The molecule has 0 aliphatic rings. The minimum absolute atomic E-state index is 0.369. The van der Waals surface area contributed by atoms with Crippen molar-refractivity contribution in [1.29, 1.82) is 0 Å². The summed E-state index contributed by atoms with van der Waals surface area (Å²) in [6.45, 7) is -0.381. The molecule has 0 saturated carbocycles. The van der Waals surface area contributed by atoms with E-state index in [1.165, 1.54) is 0 Å². The minimum Gasteiger partial charge on any atom is -0.479 e. The molecule has 1 aromatic carbocycles. The summed E-state index contributed by atoms with van der Waals surface area (Å²) >= 11 is 0. The normalized spacial score (nSPS) is 13.2. The molecular weight excluding hydrogens is 284 g/mol. The summed E-state index contributed by atoms with van der Waals surface area (Å²) in [7, 11) is -4.16. The highest BCUT2D eigenvalue weighted by Crippen LogP contribution is 2.13. The molecule has 9 heteroatoms. The van der Waals surface area contributed by atoms with Crippen molar-refractivity contribution in [2.45, 2.75) is 17.4 Å². The van der Waals surface area contributed by atoms with Gasteiger partial charge in [0.05, 0.1) is 4.90 Å². The molecule has 0 radical (unpaired) electrons. The van der Waals surface area contributed by atoms with Crippen LogP contribution in [-0.4, -0.2) is 37.2 Å². The lowest BCUT2D eigenvalue weighted by Crippen LogP contribution is -2.30. The Balaban J connectivity index is 2.73. The van der Waals surface area contributed by atoms with E-state index in [4.69, 9.17) is 10.2 Å². The number of aliphatic hydroxyl groups is 1. The van der Waals surface area contributed by atoms with Crippen molar-refractivity contribution in [2.75, 3.05) is 6.54 Å². The number of halogens is 2. The van der Waals surface area contributed by atoms with E-state index in [9.17, 15) is 22.0 Å². The molecule has 3 N–H and O–H groups in total. The molecule has 0 spiro atoms. The number of hydrogen-bond acceptors (Lipinski definition) is 4. The van der Waals surface area contributed by atoms with Crippen LogP contribution in [0.4, 0.5) is 8.78 Å². The van der Waals surface area contributed by atoms with Crippen LogP contribution in [-0.2, 0) is 14.8 Å². The second kappa shape index (κ2) is 6.04. The molecule has 6 nitrogen and oxygen atoms in total. The molecule has 0 aliphatic carbocycles. The standard InChI is InChI=1S/C10H11F2NO5S/c11-6-3-7(12)5-8(4-6)19(17,18)13-2-1-9(14)10(15)16/h3-5,9,13-14H,1-2H2,(H,15,16). The Morgan fingerprint density at radius 2 is 1.79 bits per heavy atom. The van der Waals surface area contributed by atoms with Crippen molar-refractivity contribution in [3.8, 4) is 0 Å². The maximum Gasteiger partial charge on any atom is 0.332 e. The average molecular weight is 295 g/mol. The van der Waals surface area contributed by atoms with Gasteiger partial charge in [0.25, 0.3) is 0 Å². The highest BCUT2D eigenvalue weighted by atomic mass is 32.2. The molecule has 1 atom stereocenters. The van der Waals surface area contributed by atoms with E-state index in [1.807, 2.05) is 4.72 Å². The molecule has 1 rings (SSSR count). The molecule has 0 aliphatic heterocycles. The van der Waals surface area contributed by atoms with E-state index in [1.54, 1.807) is 0 Å². The quantitative estimate of drug-likeness (QED) is 0.689. The SMILES string of the molecule is O=C(O)C(O)CCNS(=O)(=O)c1cc(F)cc(F)c1. The summed E-state index contributed by atoms with van der Waals surface area (Å²) in [5, 5.41) is 17.3. The van der Waals surface area contributed by atoms with Gasteiger partial charge in [-0.3, -0.25) is 0 Å². The Morgan fingerprint density at radius 3 is 2.26 bits per heavy atom. The molecule has 0 saturated heterocycles. The molecule has 106 valence electrons. The van der Waals surface area contributed by atoms with E-state index in [2.05, 4.69) is 0 Å². The first-order chi connectivity index (χ1) is 8.72.